The minimum Gasteiger partial charge on any atom is -0.490 e. The lowest BCUT2D eigenvalue weighted by Crippen LogP contribution is -2.39. The Morgan fingerprint density at radius 1 is 1.24 bits per heavy atom. The second-order valence-corrected chi connectivity index (χ2v) is 4.37. The molecule has 0 radical (unpaired) electrons. The first-order chi connectivity index (χ1) is 9.77. The minimum atomic E-state index is 0. The summed E-state index contributed by atoms with van der Waals surface area (Å²) in [7, 11) is 1.66. The molecule has 7 heteroatoms. The van der Waals surface area contributed by atoms with Gasteiger partial charge in [-0.2, -0.15) is 0 Å². The Bertz CT molecular complexity index is 419. The molecule has 0 aromatic heterocycles. The van der Waals surface area contributed by atoms with E-state index in [1.807, 2.05) is 25.1 Å². The first kappa shape index (κ1) is 20.3. The molecule has 0 aliphatic carbocycles. The highest BCUT2D eigenvalue weighted by atomic mass is 127. The van der Waals surface area contributed by atoms with Crippen LogP contribution in [0.2, 0.25) is 5.02 Å². The van der Waals surface area contributed by atoms with Crippen LogP contribution in [0.15, 0.2) is 29.3 Å². The Balaban J connectivity index is 0.00000400. The molecule has 1 aromatic rings. The van der Waals surface area contributed by atoms with Crippen LogP contribution in [0.1, 0.15) is 6.92 Å². The molecule has 0 heterocycles. The Morgan fingerprint density at radius 2 is 2.00 bits per heavy atom. The molecule has 0 amide bonds. The monoisotopic (exact) mass is 427 g/mol. The molecule has 0 bridgehead atoms. The van der Waals surface area contributed by atoms with E-state index in [0.29, 0.717) is 37.1 Å². The van der Waals surface area contributed by atoms with Crippen molar-refractivity contribution in [3.05, 3.63) is 29.3 Å². The van der Waals surface area contributed by atoms with Crippen LogP contribution in [0.5, 0.6) is 5.75 Å². The van der Waals surface area contributed by atoms with Gasteiger partial charge in [0, 0.05) is 13.7 Å². The Morgan fingerprint density at radius 3 is 2.67 bits per heavy atom. The quantitative estimate of drug-likeness (QED) is 0.290. The van der Waals surface area contributed by atoms with Crippen LogP contribution in [0.25, 0.3) is 0 Å². The number of nitrogens with zero attached hydrogens (tertiary/aromatic N) is 1. The van der Waals surface area contributed by atoms with E-state index in [-0.39, 0.29) is 24.0 Å². The van der Waals surface area contributed by atoms with Gasteiger partial charge < -0.3 is 20.1 Å². The van der Waals surface area contributed by atoms with Gasteiger partial charge in [-0.3, -0.25) is 4.99 Å². The highest BCUT2D eigenvalue weighted by Crippen LogP contribution is 2.22. The molecule has 0 spiro atoms. The van der Waals surface area contributed by atoms with Crippen molar-refractivity contribution in [2.24, 2.45) is 4.99 Å². The summed E-state index contributed by atoms with van der Waals surface area (Å²) in [5.74, 6) is 1.45. The van der Waals surface area contributed by atoms with Gasteiger partial charge in [0.15, 0.2) is 5.96 Å². The van der Waals surface area contributed by atoms with Gasteiger partial charge in [0.2, 0.25) is 0 Å². The Hall–Kier alpha value is -0.730. The number of rotatable bonds is 8. The van der Waals surface area contributed by atoms with Gasteiger partial charge in [-0.15, -0.1) is 24.0 Å². The van der Waals surface area contributed by atoms with Crippen molar-refractivity contribution in [3.63, 3.8) is 0 Å². The molecule has 0 atom stereocenters. The van der Waals surface area contributed by atoms with Crippen molar-refractivity contribution in [1.29, 1.82) is 0 Å². The fraction of sp³-hybridized carbons (Fsp3) is 0.500. The molecule has 21 heavy (non-hydrogen) atoms. The molecule has 120 valence electrons. The fourth-order valence-electron chi connectivity index (χ4n) is 1.48. The third-order valence-electron chi connectivity index (χ3n) is 2.40. The van der Waals surface area contributed by atoms with E-state index in [0.717, 1.165) is 12.5 Å². The molecule has 0 aliphatic rings. The molecular weight excluding hydrogens is 405 g/mol. The van der Waals surface area contributed by atoms with Crippen LogP contribution in [0.4, 0.5) is 0 Å². The van der Waals surface area contributed by atoms with Crippen LogP contribution in [-0.4, -0.2) is 45.9 Å². The Kier molecular flexibility index (Phi) is 12.5. The maximum Gasteiger partial charge on any atom is 0.191 e. The van der Waals surface area contributed by atoms with E-state index in [4.69, 9.17) is 21.1 Å². The molecule has 0 fully saturated rings. The summed E-state index contributed by atoms with van der Waals surface area (Å²) in [6, 6.07) is 7.42. The maximum absolute atomic E-state index is 6.00. The van der Waals surface area contributed by atoms with E-state index >= 15 is 0 Å². The van der Waals surface area contributed by atoms with Crippen molar-refractivity contribution in [2.75, 3.05) is 40.0 Å². The number of hydrogen-bond acceptors (Lipinski definition) is 3. The van der Waals surface area contributed by atoms with Gasteiger partial charge in [-0.05, 0) is 19.1 Å². The zero-order valence-electron chi connectivity index (χ0n) is 12.4. The second-order valence-electron chi connectivity index (χ2n) is 3.96. The number of hydrogen-bond donors (Lipinski definition) is 2. The topological polar surface area (TPSA) is 54.9 Å². The van der Waals surface area contributed by atoms with Gasteiger partial charge >= 0.3 is 0 Å². The summed E-state index contributed by atoms with van der Waals surface area (Å²) in [6.07, 6.45) is 0. The first-order valence-corrected chi connectivity index (χ1v) is 7.04. The number of halogens is 2. The van der Waals surface area contributed by atoms with Gasteiger partial charge in [-0.25, -0.2) is 0 Å². The zero-order valence-corrected chi connectivity index (χ0v) is 15.5. The summed E-state index contributed by atoms with van der Waals surface area (Å²) < 4.78 is 10.6. The van der Waals surface area contributed by atoms with E-state index in [1.165, 1.54) is 0 Å². The molecule has 0 unspecified atom stereocenters. The third-order valence-corrected chi connectivity index (χ3v) is 2.71. The second kappa shape index (κ2) is 13.0. The number of ether oxygens (including phenoxy) is 2. The SMILES string of the molecule is CCNC(=NCCOC)NCCOc1ccccc1Cl.I. The standard InChI is InChI=1S/C14H22ClN3O2.HI/c1-3-16-14(17-8-10-19-2)18-9-11-20-13-7-5-4-6-12(13)15;/h4-7H,3,8-11H2,1-2H3,(H2,16,17,18);1H. The van der Waals surface area contributed by atoms with Crippen molar-refractivity contribution in [1.82, 2.24) is 10.6 Å². The first-order valence-electron chi connectivity index (χ1n) is 6.66. The highest BCUT2D eigenvalue weighted by molar-refractivity contribution is 14.0. The van der Waals surface area contributed by atoms with Gasteiger partial charge in [0.25, 0.3) is 0 Å². The summed E-state index contributed by atoms with van der Waals surface area (Å²) in [5, 5.41) is 6.96. The lowest BCUT2D eigenvalue weighted by atomic mass is 10.3. The summed E-state index contributed by atoms with van der Waals surface area (Å²) in [5.41, 5.74) is 0. The van der Waals surface area contributed by atoms with Crippen molar-refractivity contribution >= 4 is 41.5 Å². The van der Waals surface area contributed by atoms with Crippen molar-refractivity contribution in [3.8, 4) is 5.75 Å². The molecule has 5 nitrogen and oxygen atoms in total. The lowest BCUT2D eigenvalue weighted by molar-refractivity contribution is 0.208. The van der Waals surface area contributed by atoms with E-state index in [9.17, 15) is 0 Å². The van der Waals surface area contributed by atoms with E-state index in [2.05, 4.69) is 15.6 Å². The number of para-hydroxylation sites is 1. The van der Waals surface area contributed by atoms with Gasteiger partial charge in [-0.1, -0.05) is 23.7 Å². The Labute approximate surface area is 148 Å². The minimum absolute atomic E-state index is 0. The molecule has 0 saturated heterocycles. The molecule has 2 N–H and O–H groups in total. The fourth-order valence-corrected chi connectivity index (χ4v) is 1.67. The van der Waals surface area contributed by atoms with Crippen molar-refractivity contribution < 1.29 is 9.47 Å². The van der Waals surface area contributed by atoms with Crippen LogP contribution in [0, 0.1) is 0 Å². The molecule has 1 rings (SSSR count). The van der Waals surface area contributed by atoms with E-state index < -0.39 is 0 Å². The predicted octanol–water partition coefficient (Wildman–Crippen LogP) is 2.54. The normalized spacial score (nSPS) is 10.7. The largest absolute Gasteiger partial charge is 0.490 e. The number of benzene rings is 1. The number of nitrogens with one attached hydrogen (secondary N) is 2. The smallest absolute Gasteiger partial charge is 0.191 e. The van der Waals surface area contributed by atoms with Gasteiger partial charge in [0.1, 0.15) is 12.4 Å². The number of aliphatic imine (C=N–C) groups is 1. The lowest BCUT2D eigenvalue weighted by Gasteiger charge is -2.12. The molecule has 0 aliphatic heterocycles. The van der Waals surface area contributed by atoms with Crippen LogP contribution in [0.3, 0.4) is 0 Å². The van der Waals surface area contributed by atoms with Crippen LogP contribution < -0.4 is 15.4 Å². The zero-order chi connectivity index (χ0) is 14.6. The summed E-state index contributed by atoms with van der Waals surface area (Å²) in [4.78, 5) is 4.35. The van der Waals surface area contributed by atoms with Crippen LogP contribution in [-0.2, 0) is 4.74 Å². The highest BCUT2D eigenvalue weighted by Gasteiger charge is 2.00. The maximum atomic E-state index is 6.00. The van der Waals surface area contributed by atoms with Gasteiger partial charge in [0.05, 0.1) is 24.7 Å². The predicted molar refractivity (Wildman–Crippen MR) is 98.2 cm³/mol. The molecular formula is C14H23ClIN3O2. The average molecular weight is 428 g/mol. The average Bonchev–Trinajstić information content (AvgIpc) is 2.45. The number of methoxy groups -OCH3 is 1. The van der Waals surface area contributed by atoms with Crippen molar-refractivity contribution in [2.45, 2.75) is 6.92 Å². The summed E-state index contributed by atoms with van der Waals surface area (Å²) >= 11 is 6.00. The van der Waals surface area contributed by atoms with E-state index in [1.54, 1.807) is 13.2 Å². The third kappa shape index (κ3) is 9.00. The van der Waals surface area contributed by atoms with Crippen LogP contribution >= 0.6 is 35.6 Å². The number of guanidine groups is 1. The summed E-state index contributed by atoms with van der Waals surface area (Å²) in [6.45, 7) is 5.21. The molecule has 0 saturated carbocycles. The molecule has 1 aromatic carbocycles.